The minimum absolute atomic E-state index is 0.0374. The summed E-state index contributed by atoms with van der Waals surface area (Å²) in [4.78, 5) is 29.2. The van der Waals surface area contributed by atoms with Crippen LogP contribution in [-0.4, -0.2) is 50.0 Å². The van der Waals surface area contributed by atoms with E-state index in [-0.39, 0.29) is 55.9 Å². The summed E-state index contributed by atoms with van der Waals surface area (Å²) in [5, 5.41) is 3.14. The van der Waals surface area contributed by atoms with Crippen molar-refractivity contribution in [2.45, 2.75) is 69.8 Å². The highest BCUT2D eigenvalue weighted by Gasteiger charge is 2.33. The average Bonchev–Trinajstić information content (AvgIpc) is 3.50. The number of rotatable bonds is 13. The number of carbonyl (C=O) groups excluding carboxylic acids is 2. The summed E-state index contributed by atoms with van der Waals surface area (Å²) in [6, 6.07) is 22.1. The lowest BCUT2D eigenvalue weighted by atomic mass is 10.0. The Labute approximate surface area is 257 Å². The molecule has 0 radical (unpaired) electrons. The fraction of sp³-hybridized carbons (Fsp3) is 0.394. The highest BCUT2D eigenvalue weighted by molar-refractivity contribution is 7.92. The number of hydrogen-bond acceptors (Lipinski definition) is 4. The Morgan fingerprint density at radius 2 is 1.52 bits per heavy atom. The Kier molecular flexibility index (Phi) is 11.1. The monoisotopic (exact) mass is 629 g/mol. The normalized spacial score (nSPS) is 14.6. The van der Waals surface area contributed by atoms with Crippen molar-refractivity contribution >= 4 is 27.5 Å². The minimum Gasteiger partial charge on any atom is -0.352 e. The molecule has 3 aromatic rings. The summed E-state index contributed by atoms with van der Waals surface area (Å²) in [6.07, 6.45) is 0.321. The molecule has 0 aliphatic heterocycles. The van der Waals surface area contributed by atoms with Crippen molar-refractivity contribution in [1.82, 2.24) is 10.2 Å². The van der Waals surface area contributed by atoms with E-state index in [0.29, 0.717) is 0 Å². The van der Waals surface area contributed by atoms with Crippen molar-refractivity contribution in [2.24, 2.45) is 0 Å². The molecule has 4 rings (SSSR count). The van der Waals surface area contributed by atoms with Crippen LogP contribution in [0.4, 0.5) is 18.9 Å². The number of hydrogen-bond donors (Lipinski definition) is 1. The van der Waals surface area contributed by atoms with Crippen LogP contribution in [0.2, 0.25) is 0 Å². The number of halogens is 3. The molecule has 0 heterocycles. The predicted molar refractivity (Wildman–Crippen MR) is 164 cm³/mol. The molecule has 1 aliphatic rings. The van der Waals surface area contributed by atoms with E-state index >= 15 is 0 Å². The lowest BCUT2D eigenvalue weighted by Crippen LogP contribution is -2.52. The first kappa shape index (κ1) is 33.0. The van der Waals surface area contributed by atoms with Crippen LogP contribution in [0.15, 0.2) is 84.9 Å². The van der Waals surface area contributed by atoms with Crippen molar-refractivity contribution < 1.29 is 31.2 Å². The van der Waals surface area contributed by atoms with E-state index in [1.807, 2.05) is 60.7 Å². The molecular weight excluding hydrogens is 591 g/mol. The third-order valence-corrected chi connectivity index (χ3v) is 8.98. The Bertz CT molecular complexity index is 1500. The summed E-state index contributed by atoms with van der Waals surface area (Å²) in [5.74, 6) is -0.597. The smallest absolute Gasteiger partial charge is 0.352 e. The van der Waals surface area contributed by atoms with Crippen LogP contribution in [0.1, 0.15) is 55.2 Å². The van der Waals surface area contributed by atoms with Gasteiger partial charge in [-0.05, 0) is 48.6 Å². The van der Waals surface area contributed by atoms with Gasteiger partial charge in [-0.2, -0.15) is 13.2 Å². The highest BCUT2D eigenvalue weighted by atomic mass is 32.2. The molecule has 2 amide bonds. The maximum Gasteiger partial charge on any atom is 0.416 e. The Morgan fingerprint density at radius 1 is 0.909 bits per heavy atom. The van der Waals surface area contributed by atoms with Crippen molar-refractivity contribution in [1.29, 1.82) is 0 Å². The molecule has 1 fully saturated rings. The molecular formula is C33H38F3N3O4S. The predicted octanol–water partition coefficient (Wildman–Crippen LogP) is 5.95. The van der Waals surface area contributed by atoms with Gasteiger partial charge in [0.2, 0.25) is 21.8 Å². The minimum atomic E-state index is -4.64. The second-order valence-corrected chi connectivity index (χ2v) is 13.1. The molecule has 0 aromatic heterocycles. The summed E-state index contributed by atoms with van der Waals surface area (Å²) < 4.78 is 66.1. The summed E-state index contributed by atoms with van der Waals surface area (Å²) in [7, 11) is -3.95. The molecule has 1 saturated carbocycles. The molecule has 1 aliphatic carbocycles. The van der Waals surface area contributed by atoms with Gasteiger partial charge < -0.3 is 10.2 Å². The van der Waals surface area contributed by atoms with Crippen LogP contribution in [0.25, 0.3) is 0 Å². The number of amides is 2. The third kappa shape index (κ3) is 9.32. The second-order valence-electron chi connectivity index (χ2n) is 11.2. The van der Waals surface area contributed by atoms with Gasteiger partial charge in [0.15, 0.2) is 0 Å². The van der Waals surface area contributed by atoms with Gasteiger partial charge in [0.05, 0.1) is 17.5 Å². The molecule has 11 heteroatoms. The lowest BCUT2D eigenvalue weighted by Gasteiger charge is -2.33. The fourth-order valence-electron chi connectivity index (χ4n) is 5.54. The van der Waals surface area contributed by atoms with Crippen LogP contribution in [0, 0.1) is 0 Å². The van der Waals surface area contributed by atoms with Crippen LogP contribution in [-0.2, 0) is 38.8 Å². The van der Waals surface area contributed by atoms with Crippen molar-refractivity contribution in [3.8, 4) is 0 Å². The van der Waals surface area contributed by atoms with Gasteiger partial charge in [0, 0.05) is 32.0 Å². The van der Waals surface area contributed by atoms with Gasteiger partial charge in [-0.1, -0.05) is 79.6 Å². The molecule has 0 bridgehead atoms. The molecule has 1 atom stereocenters. The molecule has 0 saturated heterocycles. The molecule has 44 heavy (non-hydrogen) atoms. The molecule has 0 unspecified atom stereocenters. The van der Waals surface area contributed by atoms with Gasteiger partial charge in [0.25, 0.3) is 0 Å². The topological polar surface area (TPSA) is 86.8 Å². The Morgan fingerprint density at radius 3 is 2.11 bits per heavy atom. The number of nitrogens with zero attached hydrogens (tertiary/aromatic N) is 2. The van der Waals surface area contributed by atoms with E-state index in [4.69, 9.17) is 0 Å². The van der Waals surface area contributed by atoms with E-state index in [1.54, 1.807) is 4.90 Å². The molecule has 7 nitrogen and oxygen atoms in total. The molecule has 1 N–H and O–H groups in total. The van der Waals surface area contributed by atoms with E-state index in [1.165, 1.54) is 6.07 Å². The zero-order valence-corrected chi connectivity index (χ0v) is 25.5. The van der Waals surface area contributed by atoms with Crippen LogP contribution >= 0.6 is 0 Å². The first-order chi connectivity index (χ1) is 20.9. The van der Waals surface area contributed by atoms with Gasteiger partial charge in [0.1, 0.15) is 6.04 Å². The second kappa shape index (κ2) is 14.7. The van der Waals surface area contributed by atoms with Gasteiger partial charge in [-0.3, -0.25) is 13.9 Å². The van der Waals surface area contributed by atoms with E-state index < -0.39 is 27.8 Å². The van der Waals surface area contributed by atoms with Crippen molar-refractivity contribution in [3.05, 3.63) is 102 Å². The third-order valence-electron chi connectivity index (χ3n) is 7.78. The van der Waals surface area contributed by atoms with Gasteiger partial charge >= 0.3 is 6.18 Å². The number of carbonyl (C=O) groups is 2. The first-order valence-corrected chi connectivity index (χ1v) is 16.6. The van der Waals surface area contributed by atoms with Gasteiger partial charge in [-0.15, -0.1) is 0 Å². The van der Waals surface area contributed by atoms with Crippen LogP contribution < -0.4 is 9.62 Å². The number of alkyl halides is 3. The van der Waals surface area contributed by atoms with E-state index in [9.17, 15) is 31.2 Å². The Balaban J connectivity index is 1.57. The zero-order valence-electron chi connectivity index (χ0n) is 24.7. The standard InChI is InChI=1S/C33H38F3N3O4S/c1-44(42,43)39(29-19-10-16-27(23-29)33(34,35)36)21-11-20-31(40)38(24-26-14-6-3-7-15-26)30(22-25-12-4-2-5-13-25)32(41)37-28-17-8-9-18-28/h2-7,10,12-16,19,23,28,30H,8-9,11,17-18,20-22,24H2,1H3,(H,37,41)/t30-/m0/s1. The molecule has 236 valence electrons. The zero-order chi connectivity index (χ0) is 31.7. The fourth-order valence-corrected chi connectivity index (χ4v) is 6.50. The maximum atomic E-state index is 13.9. The summed E-state index contributed by atoms with van der Waals surface area (Å²) >= 11 is 0. The first-order valence-electron chi connectivity index (χ1n) is 14.7. The van der Waals surface area contributed by atoms with Crippen molar-refractivity contribution in [3.63, 3.8) is 0 Å². The molecule has 3 aromatic carbocycles. The highest BCUT2D eigenvalue weighted by Crippen LogP contribution is 2.32. The number of benzene rings is 3. The van der Waals surface area contributed by atoms with Crippen LogP contribution in [0.5, 0.6) is 0 Å². The molecule has 0 spiro atoms. The quantitative estimate of drug-likeness (QED) is 0.253. The van der Waals surface area contributed by atoms with Gasteiger partial charge in [-0.25, -0.2) is 8.42 Å². The van der Waals surface area contributed by atoms with E-state index in [2.05, 4.69) is 5.32 Å². The Hall–Kier alpha value is -3.86. The number of nitrogens with one attached hydrogen (secondary N) is 1. The van der Waals surface area contributed by atoms with E-state index in [0.717, 1.165) is 65.6 Å². The van der Waals surface area contributed by atoms with Crippen molar-refractivity contribution in [2.75, 3.05) is 17.1 Å². The largest absolute Gasteiger partial charge is 0.416 e. The SMILES string of the molecule is CS(=O)(=O)N(CCCC(=O)N(Cc1ccccc1)[C@@H](Cc1ccccc1)C(=O)NC1CCCC1)c1cccc(C(F)(F)F)c1. The van der Waals surface area contributed by atoms with Crippen LogP contribution in [0.3, 0.4) is 0 Å². The number of anilines is 1. The summed E-state index contributed by atoms with van der Waals surface area (Å²) in [6.45, 7) is -0.0403. The summed E-state index contributed by atoms with van der Waals surface area (Å²) in [5.41, 5.74) is 0.617. The lowest BCUT2D eigenvalue weighted by molar-refractivity contribution is -0.141. The number of sulfonamides is 1. The maximum absolute atomic E-state index is 13.9. The average molecular weight is 630 g/mol.